The molecule has 1 heterocycles. The number of aromatic nitrogens is 1. The fourth-order valence-electron chi connectivity index (χ4n) is 1.54. The average molecular weight is 246 g/mol. The molecule has 0 spiro atoms. The highest BCUT2D eigenvalue weighted by atomic mass is 16.5. The Morgan fingerprint density at radius 2 is 2.00 bits per heavy atom. The zero-order valence-electron chi connectivity index (χ0n) is 10.3. The number of nitrogens with zero attached hydrogens (tertiary/aromatic N) is 1. The Morgan fingerprint density at radius 1 is 1.33 bits per heavy atom. The van der Waals surface area contributed by atoms with Crippen LogP contribution in [-0.4, -0.2) is 11.1 Å². The van der Waals surface area contributed by atoms with E-state index in [0.29, 0.717) is 5.69 Å². The second kappa shape index (κ2) is 4.91. The zero-order chi connectivity index (χ0) is 13.1. The average Bonchev–Trinajstić information content (AvgIpc) is 2.68. The quantitative estimate of drug-likeness (QED) is 0.840. The van der Waals surface area contributed by atoms with E-state index in [4.69, 9.17) is 15.0 Å². The molecule has 18 heavy (non-hydrogen) atoms. The Labute approximate surface area is 105 Å². The number of benzene rings is 1. The molecule has 0 unspecified atom stereocenters. The molecule has 0 bridgehead atoms. The summed E-state index contributed by atoms with van der Waals surface area (Å²) in [5, 5.41) is 3.60. The van der Waals surface area contributed by atoms with Gasteiger partial charge in [-0.1, -0.05) is 35.0 Å². The lowest BCUT2D eigenvalue weighted by molar-refractivity contribution is 0.0473. The van der Waals surface area contributed by atoms with Crippen molar-refractivity contribution in [3.8, 4) is 0 Å². The van der Waals surface area contributed by atoms with Crippen LogP contribution < -0.4 is 5.73 Å². The van der Waals surface area contributed by atoms with E-state index in [9.17, 15) is 4.79 Å². The van der Waals surface area contributed by atoms with Gasteiger partial charge in [0.15, 0.2) is 0 Å². The number of nitrogen functional groups attached to an aromatic ring is 1. The first-order chi connectivity index (χ1) is 8.58. The first kappa shape index (κ1) is 12.2. The van der Waals surface area contributed by atoms with Crippen LogP contribution in [0.1, 0.15) is 27.2 Å². The smallest absolute Gasteiger partial charge is 0.346 e. The number of carbonyl (C=O) groups excluding carboxylic acids is 1. The highest BCUT2D eigenvalue weighted by Crippen LogP contribution is 2.17. The topological polar surface area (TPSA) is 78.3 Å². The monoisotopic (exact) mass is 246 g/mol. The molecule has 0 aliphatic rings. The van der Waals surface area contributed by atoms with Crippen LogP contribution >= 0.6 is 0 Å². The van der Waals surface area contributed by atoms with Crippen LogP contribution in [0, 0.1) is 13.8 Å². The summed E-state index contributed by atoms with van der Waals surface area (Å²) in [5.74, 6) is -0.534. The first-order valence-electron chi connectivity index (χ1n) is 5.52. The van der Waals surface area contributed by atoms with Crippen LogP contribution in [0.2, 0.25) is 0 Å². The van der Waals surface area contributed by atoms with E-state index < -0.39 is 5.97 Å². The Kier molecular flexibility index (Phi) is 3.32. The van der Waals surface area contributed by atoms with E-state index in [1.807, 2.05) is 31.2 Å². The largest absolute Gasteiger partial charge is 0.457 e. The summed E-state index contributed by atoms with van der Waals surface area (Å²) < 4.78 is 9.87. The SMILES string of the molecule is Cc1ccc(COC(=O)c2c(C)noc2N)cc1. The Hall–Kier alpha value is -2.30. The Balaban J connectivity index is 2.03. The molecule has 0 radical (unpaired) electrons. The van der Waals surface area contributed by atoms with Gasteiger partial charge in [0, 0.05) is 0 Å². The van der Waals surface area contributed by atoms with Crippen molar-refractivity contribution in [3.63, 3.8) is 0 Å². The summed E-state index contributed by atoms with van der Waals surface area (Å²) in [6.07, 6.45) is 0. The molecule has 1 aromatic carbocycles. The van der Waals surface area contributed by atoms with Crippen LogP contribution in [0.15, 0.2) is 28.8 Å². The minimum Gasteiger partial charge on any atom is -0.457 e. The lowest BCUT2D eigenvalue weighted by Crippen LogP contribution is -2.08. The number of anilines is 1. The zero-order valence-corrected chi connectivity index (χ0v) is 10.3. The summed E-state index contributed by atoms with van der Waals surface area (Å²) in [6.45, 7) is 3.84. The Bertz CT molecular complexity index is 539. The molecule has 5 heteroatoms. The van der Waals surface area contributed by atoms with Crippen molar-refractivity contribution >= 4 is 11.9 Å². The summed E-state index contributed by atoms with van der Waals surface area (Å²) >= 11 is 0. The number of hydrogen-bond acceptors (Lipinski definition) is 5. The molecule has 2 N–H and O–H groups in total. The van der Waals surface area contributed by atoms with Gasteiger partial charge in [-0.05, 0) is 19.4 Å². The van der Waals surface area contributed by atoms with Crippen molar-refractivity contribution in [2.75, 3.05) is 5.73 Å². The van der Waals surface area contributed by atoms with E-state index in [-0.39, 0.29) is 18.1 Å². The van der Waals surface area contributed by atoms with Crippen LogP contribution in [0.25, 0.3) is 0 Å². The van der Waals surface area contributed by atoms with Gasteiger partial charge in [0.05, 0.1) is 5.69 Å². The van der Waals surface area contributed by atoms with E-state index in [1.54, 1.807) is 6.92 Å². The molecule has 0 saturated carbocycles. The van der Waals surface area contributed by atoms with Crippen LogP contribution in [0.5, 0.6) is 0 Å². The number of aryl methyl sites for hydroxylation is 2. The lowest BCUT2D eigenvalue weighted by atomic mass is 10.2. The number of nitrogens with two attached hydrogens (primary N) is 1. The van der Waals surface area contributed by atoms with Gasteiger partial charge >= 0.3 is 5.97 Å². The van der Waals surface area contributed by atoms with Crippen molar-refractivity contribution in [2.24, 2.45) is 0 Å². The molecule has 0 saturated heterocycles. The molecule has 1 aromatic heterocycles. The maximum atomic E-state index is 11.8. The standard InChI is InChI=1S/C13H14N2O3/c1-8-3-5-10(6-4-8)7-17-13(16)11-9(2)15-18-12(11)14/h3-6H,7,14H2,1-2H3. The van der Waals surface area contributed by atoms with Gasteiger partial charge in [-0.25, -0.2) is 4.79 Å². The van der Waals surface area contributed by atoms with Gasteiger partial charge < -0.3 is 15.0 Å². The van der Waals surface area contributed by atoms with Crippen molar-refractivity contribution in [1.29, 1.82) is 0 Å². The minimum absolute atomic E-state index is 0.0126. The number of esters is 1. The number of carbonyl (C=O) groups is 1. The van der Waals surface area contributed by atoms with Gasteiger partial charge in [0.25, 0.3) is 0 Å². The van der Waals surface area contributed by atoms with Crippen LogP contribution in [0.3, 0.4) is 0 Å². The maximum absolute atomic E-state index is 11.8. The van der Waals surface area contributed by atoms with E-state index in [0.717, 1.165) is 11.1 Å². The molecular weight excluding hydrogens is 232 g/mol. The molecule has 5 nitrogen and oxygen atoms in total. The second-order valence-electron chi connectivity index (χ2n) is 4.07. The highest BCUT2D eigenvalue weighted by Gasteiger charge is 2.19. The van der Waals surface area contributed by atoms with Crippen molar-refractivity contribution in [3.05, 3.63) is 46.6 Å². The van der Waals surface area contributed by atoms with Gasteiger partial charge in [0.2, 0.25) is 5.88 Å². The maximum Gasteiger partial charge on any atom is 0.346 e. The normalized spacial score (nSPS) is 10.3. The fraction of sp³-hybridized carbons (Fsp3) is 0.231. The second-order valence-corrected chi connectivity index (χ2v) is 4.07. The minimum atomic E-state index is -0.521. The molecule has 0 atom stereocenters. The van der Waals surface area contributed by atoms with Crippen molar-refractivity contribution < 1.29 is 14.1 Å². The summed E-state index contributed by atoms with van der Waals surface area (Å²) in [6, 6.07) is 7.74. The van der Waals surface area contributed by atoms with E-state index in [2.05, 4.69) is 5.16 Å². The van der Waals surface area contributed by atoms with Crippen LogP contribution in [-0.2, 0) is 11.3 Å². The molecule has 0 aliphatic carbocycles. The third kappa shape index (κ3) is 2.51. The summed E-state index contributed by atoms with van der Waals surface area (Å²) in [5.41, 5.74) is 8.20. The van der Waals surface area contributed by atoms with Gasteiger partial charge in [-0.3, -0.25) is 0 Å². The highest BCUT2D eigenvalue weighted by molar-refractivity contribution is 5.94. The summed E-state index contributed by atoms with van der Waals surface area (Å²) in [4.78, 5) is 11.8. The van der Waals surface area contributed by atoms with Gasteiger partial charge in [-0.2, -0.15) is 0 Å². The third-order valence-electron chi connectivity index (χ3n) is 2.58. The van der Waals surface area contributed by atoms with Crippen molar-refractivity contribution in [1.82, 2.24) is 5.16 Å². The van der Waals surface area contributed by atoms with Crippen molar-refractivity contribution in [2.45, 2.75) is 20.5 Å². The number of ether oxygens (including phenoxy) is 1. The molecule has 2 aromatic rings. The van der Waals surface area contributed by atoms with E-state index in [1.165, 1.54) is 0 Å². The van der Waals surface area contributed by atoms with Crippen LogP contribution in [0.4, 0.5) is 5.88 Å². The molecule has 0 amide bonds. The lowest BCUT2D eigenvalue weighted by Gasteiger charge is -2.04. The first-order valence-corrected chi connectivity index (χ1v) is 5.52. The Morgan fingerprint density at radius 3 is 2.56 bits per heavy atom. The van der Waals surface area contributed by atoms with E-state index >= 15 is 0 Å². The predicted molar refractivity (Wildman–Crippen MR) is 66.0 cm³/mol. The van der Waals surface area contributed by atoms with Gasteiger partial charge in [-0.15, -0.1) is 0 Å². The summed E-state index contributed by atoms with van der Waals surface area (Å²) in [7, 11) is 0. The molecule has 0 fully saturated rings. The fourth-order valence-corrected chi connectivity index (χ4v) is 1.54. The number of rotatable bonds is 3. The molecule has 94 valence electrons. The van der Waals surface area contributed by atoms with Gasteiger partial charge in [0.1, 0.15) is 12.2 Å². The third-order valence-corrected chi connectivity index (χ3v) is 2.58. The molecule has 0 aliphatic heterocycles. The molecular formula is C13H14N2O3. The predicted octanol–water partition coefficient (Wildman–Crippen LogP) is 2.23. The molecule has 2 rings (SSSR count). The number of hydrogen-bond donors (Lipinski definition) is 1.